The Hall–Kier alpha value is -1.56. The van der Waals surface area contributed by atoms with Crippen LogP contribution in [-0.2, 0) is 11.8 Å². The fourth-order valence-electron chi connectivity index (χ4n) is 2.06. The quantitative estimate of drug-likeness (QED) is 0.688. The molecule has 0 aliphatic heterocycles. The van der Waals surface area contributed by atoms with Crippen molar-refractivity contribution in [1.82, 2.24) is 0 Å². The number of hydrogen-bond donors (Lipinski definition) is 0. The molecule has 93 valence electrons. The van der Waals surface area contributed by atoms with Crippen LogP contribution in [0.5, 0.6) is 0 Å². The van der Waals surface area contributed by atoms with Crippen LogP contribution in [0.3, 0.4) is 0 Å². The van der Waals surface area contributed by atoms with Gasteiger partial charge in [0.25, 0.3) is 0 Å². The minimum Gasteiger partial charge on any atom is -0.0613 e. The first-order chi connectivity index (χ1) is 8.50. The van der Waals surface area contributed by atoms with Crippen LogP contribution in [-0.4, -0.2) is 0 Å². The summed E-state index contributed by atoms with van der Waals surface area (Å²) < 4.78 is 0. The molecule has 0 aliphatic carbocycles. The Bertz CT molecular complexity index is 512. The van der Waals surface area contributed by atoms with E-state index in [-0.39, 0.29) is 5.41 Å². The summed E-state index contributed by atoms with van der Waals surface area (Å²) in [5.41, 5.74) is 5.44. The van der Waals surface area contributed by atoms with Crippen molar-refractivity contribution in [1.29, 1.82) is 0 Å². The molecule has 18 heavy (non-hydrogen) atoms. The lowest BCUT2D eigenvalue weighted by atomic mass is 9.86. The average Bonchev–Trinajstić information content (AvgIpc) is 2.38. The van der Waals surface area contributed by atoms with E-state index in [0.29, 0.717) is 0 Å². The topological polar surface area (TPSA) is 0 Å². The third-order valence-electron chi connectivity index (χ3n) is 3.33. The standard InChI is InChI=1S/C18H21/c1-5-14-7-6-8-16(13-14)15-9-11-17(12-10-15)18(2,3)4/h6,8-13H,5H2,1-4H3. The van der Waals surface area contributed by atoms with Gasteiger partial charge in [-0.2, -0.15) is 0 Å². The van der Waals surface area contributed by atoms with Gasteiger partial charge in [0.1, 0.15) is 0 Å². The van der Waals surface area contributed by atoms with E-state index < -0.39 is 0 Å². The zero-order chi connectivity index (χ0) is 13.2. The molecule has 0 amide bonds. The Morgan fingerprint density at radius 3 is 2.17 bits per heavy atom. The van der Waals surface area contributed by atoms with E-state index in [4.69, 9.17) is 0 Å². The molecule has 0 saturated carbocycles. The summed E-state index contributed by atoms with van der Waals surface area (Å²) in [5, 5.41) is 0. The SMILES string of the molecule is CCc1[c]ccc(-c2ccc(C(C)(C)C)cc2)c1. The van der Waals surface area contributed by atoms with Crippen molar-refractivity contribution in [3.05, 3.63) is 59.7 Å². The molecule has 1 radical (unpaired) electrons. The second kappa shape index (κ2) is 4.97. The van der Waals surface area contributed by atoms with Gasteiger partial charge in [-0.15, -0.1) is 0 Å². The van der Waals surface area contributed by atoms with Gasteiger partial charge in [-0.3, -0.25) is 0 Å². The number of hydrogen-bond acceptors (Lipinski definition) is 0. The van der Waals surface area contributed by atoms with Crippen molar-refractivity contribution < 1.29 is 0 Å². The van der Waals surface area contributed by atoms with Crippen LogP contribution in [0, 0.1) is 6.07 Å². The van der Waals surface area contributed by atoms with E-state index in [0.717, 1.165) is 6.42 Å². The van der Waals surface area contributed by atoms with Gasteiger partial charge in [0, 0.05) is 0 Å². The van der Waals surface area contributed by atoms with Crippen LogP contribution < -0.4 is 0 Å². The second-order valence-electron chi connectivity index (χ2n) is 5.78. The average molecular weight is 237 g/mol. The molecule has 0 heteroatoms. The molecule has 2 aromatic carbocycles. The van der Waals surface area contributed by atoms with Gasteiger partial charge in [-0.25, -0.2) is 0 Å². The van der Waals surface area contributed by atoms with Crippen LogP contribution >= 0.6 is 0 Å². The first-order valence-electron chi connectivity index (χ1n) is 6.62. The highest BCUT2D eigenvalue weighted by molar-refractivity contribution is 5.64. The van der Waals surface area contributed by atoms with Crippen LogP contribution in [0.25, 0.3) is 11.1 Å². The van der Waals surface area contributed by atoms with Crippen LogP contribution in [0.15, 0.2) is 42.5 Å². The van der Waals surface area contributed by atoms with E-state index >= 15 is 0 Å². The molecule has 0 aromatic heterocycles. The van der Waals surface area contributed by atoms with E-state index in [1.165, 1.54) is 22.3 Å². The lowest BCUT2D eigenvalue weighted by Crippen LogP contribution is -2.10. The van der Waals surface area contributed by atoms with Gasteiger partial charge in [0.2, 0.25) is 0 Å². The van der Waals surface area contributed by atoms with Gasteiger partial charge in [-0.1, -0.05) is 70.2 Å². The first kappa shape index (κ1) is 12.9. The Labute approximate surface area is 111 Å². The molecule has 0 nitrogen and oxygen atoms in total. The van der Waals surface area contributed by atoms with Crippen molar-refractivity contribution in [2.24, 2.45) is 0 Å². The summed E-state index contributed by atoms with van der Waals surface area (Å²) in [6.45, 7) is 8.90. The molecular formula is C18H21. The fourth-order valence-corrected chi connectivity index (χ4v) is 2.06. The van der Waals surface area contributed by atoms with Gasteiger partial charge in [0.05, 0.1) is 0 Å². The summed E-state index contributed by atoms with van der Waals surface area (Å²) in [6.07, 6.45) is 1.04. The lowest BCUT2D eigenvalue weighted by Gasteiger charge is -2.19. The van der Waals surface area contributed by atoms with E-state index in [1.54, 1.807) is 0 Å². The zero-order valence-electron chi connectivity index (χ0n) is 11.7. The minimum absolute atomic E-state index is 0.220. The van der Waals surface area contributed by atoms with E-state index in [2.05, 4.69) is 70.2 Å². The summed E-state index contributed by atoms with van der Waals surface area (Å²) in [7, 11) is 0. The van der Waals surface area contributed by atoms with Crippen molar-refractivity contribution >= 4 is 0 Å². The van der Waals surface area contributed by atoms with Gasteiger partial charge < -0.3 is 0 Å². The summed E-state index contributed by atoms with van der Waals surface area (Å²) >= 11 is 0. The van der Waals surface area contributed by atoms with E-state index in [1.807, 2.05) is 6.07 Å². The maximum atomic E-state index is 3.26. The molecule has 0 atom stereocenters. The van der Waals surface area contributed by atoms with Gasteiger partial charge in [0.15, 0.2) is 0 Å². The Morgan fingerprint density at radius 1 is 0.944 bits per heavy atom. The molecule has 0 spiro atoms. The minimum atomic E-state index is 0.220. The number of rotatable bonds is 2. The second-order valence-corrected chi connectivity index (χ2v) is 5.78. The van der Waals surface area contributed by atoms with Crippen molar-refractivity contribution in [3.63, 3.8) is 0 Å². The third-order valence-corrected chi connectivity index (χ3v) is 3.33. The molecular weight excluding hydrogens is 216 g/mol. The Morgan fingerprint density at radius 2 is 1.61 bits per heavy atom. The summed E-state index contributed by atoms with van der Waals surface area (Å²) in [4.78, 5) is 0. The summed E-state index contributed by atoms with van der Waals surface area (Å²) in [6, 6.07) is 18.5. The highest BCUT2D eigenvalue weighted by Crippen LogP contribution is 2.26. The number of aryl methyl sites for hydroxylation is 1. The largest absolute Gasteiger partial charge is 0.0613 e. The zero-order valence-corrected chi connectivity index (χ0v) is 11.7. The van der Waals surface area contributed by atoms with Crippen LogP contribution in [0.2, 0.25) is 0 Å². The lowest BCUT2D eigenvalue weighted by molar-refractivity contribution is 0.590. The molecule has 0 heterocycles. The third kappa shape index (κ3) is 2.81. The summed E-state index contributed by atoms with van der Waals surface area (Å²) in [5.74, 6) is 0. The maximum absolute atomic E-state index is 3.26. The Kier molecular flexibility index (Phi) is 3.56. The molecule has 0 unspecified atom stereocenters. The first-order valence-corrected chi connectivity index (χ1v) is 6.62. The smallest absolute Gasteiger partial charge is 0.0132 e. The predicted molar refractivity (Wildman–Crippen MR) is 78.8 cm³/mol. The normalized spacial score (nSPS) is 11.6. The molecule has 0 bridgehead atoms. The Balaban J connectivity index is 2.34. The van der Waals surface area contributed by atoms with Gasteiger partial charge in [-0.05, 0) is 40.2 Å². The van der Waals surface area contributed by atoms with Crippen molar-refractivity contribution in [2.75, 3.05) is 0 Å². The molecule has 2 rings (SSSR count). The predicted octanol–water partition coefficient (Wildman–Crippen LogP) is 5.01. The number of benzene rings is 2. The maximum Gasteiger partial charge on any atom is -0.0132 e. The van der Waals surface area contributed by atoms with Crippen molar-refractivity contribution in [2.45, 2.75) is 39.5 Å². The molecule has 0 N–H and O–H groups in total. The highest BCUT2D eigenvalue weighted by Gasteiger charge is 2.12. The molecule has 0 fully saturated rings. The monoisotopic (exact) mass is 237 g/mol. The van der Waals surface area contributed by atoms with Crippen LogP contribution in [0.1, 0.15) is 38.8 Å². The van der Waals surface area contributed by atoms with E-state index in [9.17, 15) is 0 Å². The van der Waals surface area contributed by atoms with Gasteiger partial charge >= 0.3 is 0 Å². The molecule has 2 aromatic rings. The molecule has 0 saturated heterocycles. The molecule has 0 aliphatic rings. The van der Waals surface area contributed by atoms with Crippen molar-refractivity contribution in [3.8, 4) is 11.1 Å². The highest BCUT2D eigenvalue weighted by atomic mass is 14.2. The fraction of sp³-hybridized carbons (Fsp3) is 0.333. The van der Waals surface area contributed by atoms with Crippen LogP contribution in [0.4, 0.5) is 0 Å².